The average Bonchev–Trinajstić information content (AvgIpc) is 2.82. The number of amides is 2. The van der Waals surface area contributed by atoms with E-state index in [4.69, 9.17) is 0 Å². The first-order valence-corrected chi connectivity index (χ1v) is 12.0. The van der Waals surface area contributed by atoms with E-state index in [2.05, 4.69) is 15.8 Å². The molecular weight excluding hydrogens is 459 g/mol. The highest BCUT2D eigenvalue weighted by atomic mass is 32.2. The first-order chi connectivity index (χ1) is 16.1. The molecular formula is C24H23FN4O4S. The van der Waals surface area contributed by atoms with Crippen LogP contribution in [0.25, 0.3) is 0 Å². The summed E-state index contributed by atoms with van der Waals surface area (Å²) in [7, 11) is -3.91. The number of hydrogen-bond acceptors (Lipinski definition) is 5. The van der Waals surface area contributed by atoms with Crippen molar-refractivity contribution in [3.8, 4) is 0 Å². The van der Waals surface area contributed by atoms with Gasteiger partial charge in [-0.3, -0.25) is 13.9 Å². The predicted octanol–water partition coefficient (Wildman–Crippen LogP) is 3.38. The van der Waals surface area contributed by atoms with E-state index in [0.717, 1.165) is 12.3 Å². The molecule has 0 heterocycles. The van der Waals surface area contributed by atoms with E-state index in [1.165, 1.54) is 18.2 Å². The van der Waals surface area contributed by atoms with Crippen LogP contribution in [0, 0.1) is 5.82 Å². The Bertz CT molecular complexity index is 1310. The van der Waals surface area contributed by atoms with Gasteiger partial charge >= 0.3 is 0 Å². The van der Waals surface area contributed by atoms with Gasteiger partial charge in [-0.25, -0.2) is 18.2 Å². The van der Waals surface area contributed by atoms with E-state index in [0.29, 0.717) is 26.8 Å². The highest BCUT2D eigenvalue weighted by molar-refractivity contribution is 7.92. The number of anilines is 2. The molecule has 0 fully saturated rings. The van der Waals surface area contributed by atoms with E-state index in [1.807, 2.05) is 6.07 Å². The summed E-state index contributed by atoms with van der Waals surface area (Å²) in [5.41, 5.74) is 4.31. The molecule has 0 atom stereocenters. The fourth-order valence-corrected chi connectivity index (χ4v) is 3.86. The van der Waals surface area contributed by atoms with Gasteiger partial charge < -0.3 is 5.32 Å². The number of halogens is 1. The molecule has 176 valence electrons. The minimum absolute atomic E-state index is 0.228. The molecule has 0 unspecified atom stereocenters. The van der Waals surface area contributed by atoms with Crippen molar-refractivity contribution in [2.24, 2.45) is 5.10 Å². The molecule has 8 nitrogen and oxygen atoms in total. The van der Waals surface area contributed by atoms with Gasteiger partial charge in [-0.05, 0) is 48.9 Å². The number of nitrogens with zero attached hydrogens (tertiary/aromatic N) is 2. The smallest absolute Gasteiger partial charge is 0.260 e. The number of hydrazone groups is 1. The standard InChI is InChI=1S/C24H23FN4O4S/c1-17(18-12-14-20(15-13-18)26-24(31)19-8-4-3-5-9-19)27-28-23(30)16-29(34(2,32)33)22-11-7-6-10-21(22)25/h3-15H,16H2,1-2H3,(H,26,31)(H,28,30)/b27-17-. The van der Waals surface area contributed by atoms with Gasteiger partial charge in [-0.1, -0.05) is 42.5 Å². The first kappa shape index (κ1) is 24.6. The number of carbonyl (C=O) groups excluding carboxylic acids is 2. The lowest BCUT2D eigenvalue weighted by Gasteiger charge is -2.21. The van der Waals surface area contributed by atoms with Gasteiger partial charge in [0.2, 0.25) is 10.0 Å². The summed E-state index contributed by atoms with van der Waals surface area (Å²) in [5, 5.41) is 6.79. The molecule has 3 rings (SSSR count). The van der Waals surface area contributed by atoms with Crippen molar-refractivity contribution < 1.29 is 22.4 Å². The zero-order valence-corrected chi connectivity index (χ0v) is 19.3. The zero-order chi connectivity index (χ0) is 24.7. The maximum absolute atomic E-state index is 14.1. The Morgan fingerprint density at radius 2 is 1.53 bits per heavy atom. The van der Waals surface area contributed by atoms with Crippen LogP contribution in [0.5, 0.6) is 0 Å². The minimum Gasteiger partial charge on any atom is -0.322 e. The molecule has 0 spiro atoms. The first-order valence-electron chi connectivity index (χ1n) is 10.2. The Labute approximate surface area is 197 Å². The lowest BCUT2D eigenvalue weighted by atomic mass is 10.1. The van der Waals surface area contributed by atoms with Gasteiger partial charge in [0.25, 0.3) is 11.8 Å². The minimum atomic E-state index is -3.91. The predicted molar refractivity (Wildman–Crippen MR) is 130 cm³/mol. The number of hydrogen-bond donors (Lipinski definition) is 2. The Morgan fingerprint density at radius 1 is 0.912 bits per heavy atom. The van der Waals surface area contributed by atoms with Gasteiger partial charge in [0, 0.05) is 11.3 Å². The second-order valence-electron chi connectivity index (χ2n) is 7.35. The third-order valence-electron chi connectivity index (χ3n) is 4.75. The second-order valence-corrected chi connectivity index (χ2v) is 9.26. The van der Waals surface area contributed by atoms with Crippen LogP contribution in [-0.2, 0) is 14.8 Å². The second kappa shape index (κ2) is 10.7. The number of nitrogens with one attached hydrogen (secondary N) is 2. The van der Waals surface area contributed by atoms with E-state index >= 15 is 0 Å². The van der Waals surface area contributed by atoms with E-state index < -0.39 is 28.3 Å². The fourth-order valence-electron chi connectivity index (χ4n) is 3.00. The maximum Gasteiger partial charge on any atom is 0.260 e. The van der Waals surface area contributed by atoms with Gasteiger partial charge in [-0.15, -0.1) is 0 Å². The SMILES string of the molecule is C/C(=N/NC(=O)CN(c1ccccc1F)S(C)(=O)=O)c1ccc(NC(=O)c2ccccc2)cc1. The molecule has 0 aliphatic heterocycles. The summed E-state index contributed by atoms with van der Waals surface area (Å²) < 4.78 is 38.9. The van der Waals surface area contributed by atoms with Crippen molar-refractivity contribution in [2.75, 3.05) is 22.4 Å². The fraction of sp³-hybridized carbons (Fsp3) is 0.125. The van der Waals surface area contributed by atoms with Crippen LogP contribution in [0.15, 0.2) is 84.0 Å². The average molecular weight is 483 g/mol. The van der Waals surface area contributed by atoms with Crippen molar-refractivity contribution >= 4 is 38.9 Å². The quantitative estimate of drug-likeness (QED) is 0.379. The van der Waals surface area contributed by atoms with E-state index in [-0.39, 0.29) is 11.6 Å². The van der Waals surface area contributed by atoms with Crippen molar-refractivity contribution in [1.29, 1.82) is 0 Å². The highest BCUT2D eigenvalue weighted by Gasteiger charge is 2.23. The van der Waals surface area contributed by atoms with Crippen molar-refractivity contribution in [3.05, 3.63) is 95.8 Å². The van der Waals surface area contributed by atoms with Crippen LogP contribution in [0.2, 0.25) is 0 Å². The molecule has 2 amide bonds. The van der Waals surface area contributed by atoms with Crippen molar-refractivity contribution in [2.45, 2.75) is 6.92 Å². The summed E-state index contributed by atoms with van der Waals surface area (Å²) in [4.78, 5) is 24.6. The Morgan fingerprint density at radius 3 is 2.15 bits per heavy atom. The summed E-state index contributed by atoms with van der Waals surface area (Å²) in [5.74, 6) is -1.74. The topological polar surface area (TPSA) is 108 Å². The number of sulfonamides is 1. The van der Waals surface area contributed by atoms with Crippen LogP contribution in [0.4, 0.5) is 15.8 Å². The molecule has 0 bridgehead atoms. The van der Waals surface area contributed by atoms with E-state index in [1.54, 1.807) is 55.5 Å². The van der Waals surface area contributed by atoms with Crippen LogP contribution >= 0.6 is 0 Å². The molecule has 0 saturated carbocycles. The molecule has 3 aromatic rings. The summed E-state index contributed by atoms with van der Waals surface area (Å²) in [6.45, 7) is 1.02. The van der Waals surface area contributed by atoms with Gasteiger partial charge in [0.05, 0.1) is 17.7 Å². The number of rotatable bonds is 8. The molecule has 10 heteroatoms. The molecule has 2 N–H and O–H groups in total. The number of carbonyl (C=O) groups is 2. The molecule has 0 aromatic heterocycles. The Hall–Kier alpha value is -4.05. The molecule has 34 heavy (non-hydrogen) atoms. The van der Waals surface area contributed by atoms with Crippen LogP contribution in [0.3, 0.4) is 0 Å². The lowest BCUT2D eigenvalue weighted by Crippen LogP contribution is -2.39. The van der Waals surface area contributed by atoms with E-state index in [9.17, 15) is 22.4 Å². The largest absolute Gasteiger partial charge is 0.322 e. The molecule has 0 aliphatic rings. The Balaban J connectivity index is 1.64. The third-order valence-corrected chi connectivity index (χ3v) is 5.88. The number of benzene rings is 3. The third kappa shape index (κ3) is 6.48. The Kier molecular flexibility index (Phi) is 7.75. The van der Waals surface area contributed by atoms with Crippen LogP contribution < -0.4 is 15.0 Å². The van der Waals surface area contributed by atoms with Gasteiger partial charge in [-0.2, -0.15) is 5.10 Å². The maximum atomic E-state index is 14.1. The zero-order valence-electron chi connectivity index (χ0n) is 18.5. The summed E-state index contributed by atoms with van der Waals surface area (Å²) >= 11 is 0. The molecule has 0 aliphatic carbocycles. The van der Waals surface area contributed by atoms with Crippen molar-refractivity contribution in [1.82, 2.24) is 5.43 Å². The van der Waals surface area contributed by atoms with Gasteiger partial charge in [0.15, 0.2) is 0 Å². The number of para-hydroxylation sites is 1. The van der Waals surface area contributed by atoms with Gasteiger partial charge in [0.1, 0.15) is 12.4 Å². The summed E-state index contributed by atoms with van der Waals surface area (Å²) in [6, 6.07) is 20.9. The normalized spacial score (nSPS) is 11.6. The molecule has 0 radical (unpaired) electrons. The van der Waals surface area contributed by atoms with Crippen LogP contribution in [0.1, 0.15) is 22.8 Å². The van der Waals surface area contributed by atoms with Crippen molar-refractivity contribution in [3.63, 3.8) is 0 Å². The summed E-state index contributed by atoms with van der Waals surface area (Å²) in [6.07, 6.45) is 0.888. The molecule has 0 saturated heterocycles. The highest BCUT2D eigenvalue weighted by Crippen LogP contribution is 2.21. The molecule has 3 aromatic carbocycles. The lowest BCUT2D eigenvalue weighted by molar-refractivity contribution is -0.119. The van der Waals surface area contributed by atoms with Crippen LogP contribution in [-0.4, -0.2) is 38.7 Å². The monoisotopic (exact) mass is 482 g/mol.